The zero-order valence-corrected chi connectivity index (χ0v) is 21.5. The Morgan fingerprint density at radius 3 is 2.42 bits per heavy atom. The molecule has 2 aromatic carbocycles. The molecule has 0 atom stereocenters. The van der Waals surface area contributed by atoms with Crippen molar-refractivity contribution in [3.63, 3.8) is 0 Å². The lowest BCUT2D eigenvalue weighted by Crippen LogP contribution is -2.32. The minimum atomic E-state index is -4.43. The van der Waals surface area contributed by atoms with Crippen LogP contribution in [0, 0.1) is 0 Å². The second kappa shape index (κ2) is 12.9. The average molecular weight is 538 g/mol. The van der Waals surface area contributed by atoms with Gasteiger partial charge in [0.25, 0.3) is 0 Å². The summed E-state index contributed by atoms with van der Waals surface area (Å²) in [4.78, 5) is 25.3. The van der Waals surface area contributed by atoms with Crippen molar-refractivity contribution in [1.29, 1.82) is 0 Å². The van der Waals surface area contributed by atoms with Gasteiger partial charge in [-0.05, 0) is 37.4 Å². The van der Waals surface area contributed by atoms with Gasteiger partial charge in [-0.1, -0.05) is 65.8 Å². The largest absolute Gasteiger partial charge is 0.416 e. The summed E-state index contributed by atoms with van der Waals surface area (Å²) in [6, 6.07) is 16.6. The lowest BCUT2D eigenvalue weighted by molar-refractivity contribution is -0.137. The van der Waals surface area contributed by atoms with E-state index in [0.717, 1.165) is 36.0 Å². The van der Waals surface area contributed by atoms with Gasteiger partial charge in [0.15, 0.2) is 5.16 Å². The van der Waals surface area contributed by atoms with Crippen LogP contribution in [0.4, 0.5) is 19.0 Å². The van der Waals surface area contributed by atoms with Crippen LogP contribution < -0.4 is 10.2 Å². The summed E-state index contributed by atoms with van der Waals surface area (Å²) in [6.45, 7) is 2.12. The van der Waals surface area contributed by atoms with Crippen LogP contribution in [0.2, 0.25) is 5.15 Å². The summed E-state index contributed by atoms with van der Waals surface area (Å²) in [5, 5.41) is 3.24. The van der Waals surface area contributed by atoms with E-state index in [1.54, 1.807) is 6.07 Å². The zero-order valence-electron chi connectivity index (χ0n) is 19.9. The van der Waals surface area contributed by atoms with E-state index in [-0.39, 0.29) is 23.4 Å². The molecule has 3 aromatic rings. The van der Waals surface area contributed by atoms with Gasteiger partial charge in [0.2, 0.25) is 5.91 Å². The molecule has 0 radical (unpaired) electrons. The Hall–Kier alpha value is -2.82. The quantitative estimate of drug-likeness (QED) is 0.208. The van der Waals surface area contributed by atoms with Gasteiger partial charge in [0, 0.05) is 32.2 Å². The number of carbonyl (C=O) groups is 1. The highest BCUT2D eigenvalue weighted by molar-refractivity contribution is 7.99. The number of carbonyl (C=O) groups excluding carboxylic acids is 1. The van der Waals surface area contributed by atoms with E-state index in [1.165, 1.54) is 12.1 Å². The van der Waals surface area contributed by atoms with Crippen molar-refractivity contribution in [3.05, 3.63) is 82.5 Å². The fourth-order valence-corrected chi connectivity index (χ4v) is 4.16. The monoisotopic (exact) mass is 537 g/mol. The summed E-state index contributed by atoms with van der Waals surface area (Å²) >= 11 is 7.39. The number of aromatic nitrogens is 2. The number of anilines is 1. The average Bonchev–Trinajstić information content (AvgIpc) is 2.84. The lowest BCUT2D eigenvalue weighted by Gasteiger charge is -2.26. The van der Waals surface area contributed by atoms with Gasteiger partial charge >= 0.3 is 6.18 Å². The van der Waals surface area contributed by atoms with Gasteiger partial charge in [-0.3, -0.25) is 4.79 Å². The van der Waals surface area contributed by atoms with Gasteiger partial charge in [0.05, 0.1) is 11.3 Å². The normalized spacial score (nSPS) is 11.5. The van der Waals surface area contributed by atoms with Crippen LogP contribution in [0.3, 0.4) is 0 Å². The fraction of sp³-hybridized carbons (Fsp3) is 0.320. The maximum absolute atomic E-state index is 12.9. The summed E-state index contributed by atoms with van der Waals surface area (Å²) < 4.78 is 38.7. The molecule has 36 heavy (non-hydrogen) atoms. The van der Waals surface area contributed by atoms with Gasteiger partial charge < -0.3 is 15.1 Å². The molecule has 0 unspecified atom stereocenters. The number of thioether (sulfide) groups is 1. The van der Waals surface area contributed by atoms with Crippen LogP contribution in [0.5, 0.6) is 0 Å². The number of hydrogen-bond donors (Lipinski definition) is 1. The second-order valence-corrected chi connectivity index (χ2v) is 9.64. The highest BCUT2D eigenvalue weighted by atomic mass is 35.5. The topological polar surface area (TPSA) is 61.4 Å². The first kappa shape index (κ1) is 27.8. The van der Waals surface area contributed by atoms with Crippen LogP contribution in [-0.2, 0) is 24.1 Å². The Bertz CT molecular complexity index is 1150. The SMILES string of the molecule is CN(C)CCN(Cc1ccccc1)c1cc(Cl)nc(SCC(=O)NCc2cccc(C(F)(F)F)c2)n1. The molecule has 0 spiro atoms. The molecule has 6 nitrogen and oxygen atoms in total. The summed E-state index contributed by atoms with van der Waals surface area (Å²) in [7, 11) is 3.99. The van der Waals surface area contributed by atoms with Crippen molar-refractivity contribution in [2.24, 2.45) is 0 Å². The minimum absolute atomic E-state index is 0.00483. The third-order valence-corrected chi connectivity index (χ3v) is 6.14. The standard InChI is InChI=1S/C25H27ClF3N5OS/c1-33(2)11-12-34(16-18-7-4-3-5-8-18)22-14-21(26)31-24(32-22)36-17-23(35)30-15-19-9-6-10-20(13-19)25(27,28)29/h3-10,13-14H,11-12,15-17H2,1-2H3,(H,30,35). The second-order valence-electron chi connectivity index (χ2n) is 8.31. The van der Waals surface area contributed by atoms with Gasteiger partial charge in [-0.25, -0.2) is 9.97 Å². The molecule has 1 N–H and O–H groups in total. The van der Waals surface area contributed by atoms with Crippen molar-refractivity contribution in [2.45, 2.75) is 24.4 Å². The number of hydrogen-bond acceptors (Lipinski definition) is 6. The number of alkyl halides is 3. The number of likely N-dealkylation sites (N-methyl/N-ethyl adjacent to an activating group) is 1. The first-order valence-corrected chi connectivity index (χ1v) is 12.5. The molecular formula is C25H27ClF3N5OS. The number of benzene rings is 2. The van der Waals surface area contributed by atoms with Crippen molar-refractivity contribution in [3.8, 4) is 0 Å². The fourth-order valence-electron chi connectivity index (χ4n) is 3.25. The highest BCUT2D eigenvalue weighted by Gasteiger charge is 2.30. The molecule has 3 rings (SSSR count). The molecule has 0 saturated carbocycles. The van der Waals surface area contributed by atoms with E-state index in [4.69, 9.17) is 11.6 Å². The predicted molar refractivity (Wildman–Crippen MR) is 137 cm³/mol. The first-order chi connectivity index (χ1) is 17.1. The van der Waals surface area contributed by atoms with Gasteiger partial charge in [-0.15, -0.1) is 0 Å². The molecule has 1 heterocycles. The van der Waals surface area contributed by atoms with E-state index in [0.29, 0.717) is 29.6 Å². The van der Waals surface area contributed by atoms with E-state index < -0.39 is 11.7 Å². The van der Waals surface area contributed by atoms with Crippen LogP contribution >= 0.6 is 23.4 Å². The minimum Gasteiger partial charge on any atom is -0.351 e. The zero-order chi connectivity index (χ0) is 26.1. The third-order valence-electron chi connectivity index (χ3n) is 5.09. The predicted octanol–water partition coefficient (Wildman–Crippen LogP) is 5.13. The van der Waals surface area contributed by atoms with Crippen LogP contribution in [0.15, 0.2) is 65.8 Å². The van der Waals surface area contributed by atoms with Gasteiger partial charge in [0.1, 0.15) is 11.0 Å². The summed E-state index contributed by atoms with van der Waals surface area (Å²) in [6.07, 6.45) is -4.43. The molecule has 0 fully saturated rings. The van der Waals surface area contributed by atoms with Crippen LogP contribution in [0.25, 0.3) is 0 Å². The maximum atomic E-state index is 12.9. The van der Waals surface area contributed by atoms with Crippen molar-refractivity contribution in [1.82, 2.24) is 20.2 Å². The summed E-state index contributed by atoms with van der Waals surface area (Å²) in [5.41, 5.74) is 0.730. The Morgan fingerprint density at radius 1 is 1.00 bits per heavy atom. The molecule has 11 heteroatoms. The first-order valence-electron chi connectivity index (χ1n) is 11.1. The molecule has 0 bridgehead atoms. The smallest absolute Gasteiger partial charge is 0.351 e. The Balaban J connectivity index is 1.63. The van der Waals surface area contributed by atoms with Crippen molar-refractivity contribution in [2.75, 3.05) is 37.8 Å². The van der Waals surface area contributed by atoms with Crippen molar-refractivity contribution >= 4 is 35.1 Å². The van der Waals surface area contributed by atoms with E-state index in [9.17, 15) is 18.0 Å². The molecule has 1 amide bonds. The third kappa shape index (κ3) is 9.00. The molecule has 0 aliphatic carbocycles. The van der Waals surface area contributed by atoms with E-state index in [1.807, 2.05) is 44.4 Å². The summed E-state index contributed by atoms with van der Waals surface area (Å²) in [5.74, 6) is 0.290. The Labute approximate surface area is 217 Å². The van der Waals surface area contributed by atoms with Gasteiger partial charge in [-0.2, -0.15) is 13.2 Å². The number of nitrogens with one attached hydrogen (secondary N) is 1. The number of rotatable bonds is 11. The van der Waals surface area contributed by atoms with Crippen LogP contribution in [0.1, 0.15) is 16.7 Å². The molecule has 192 valence electrons. The molecule has 1 aromatic heterocycles. The molecule has 0 aliphatic rings. The number of amides is 1. The molecule has 0 saturated heterocycles. The van der Waals surface area contributed by atoms with Crippen molar-refractivity contribution < 1.29 is 18.0 Å². The lowest BCUT2D eigenvalue weighted by atomic mass is 10.1. The number of halogens is 4. The highest BCUT2D eigenvalue weighted by Crippen LogP contribution is 2.29. The molecule has 0 aliphatic heterocycles. The Morgan fingerprint density at radius 2 is 1.72 bits per heavy atom. The Kier molecular flexibility index (Phi) is 9.98. The van der Waals surface area contributed by atoms with E-state index in [2.05, 4.69) is 25.1 Å². The van der Waals surface area contributed by atoms with Crippen LogP contribution in [-0.4, -0.2) is 53.7 Å². The number of nitrogens with zero attached hydrogens (tertiary/aromatic N) is 4. The van der Waals surface area contributed by atoms with E-state index >= 15 is 0 Å². The molecular weight excluding hydrogens is 511 g/mol. The maximum Gasteiger partial charge on any atom is 0.416 e.